The fourth-order valence-electron chi connectivity index (χ4n) is 2.88. The van der Waals surface area contributed by atoms with Gasteiger partial charge < -0.3 is 10.2 Å². The van der Waals surface area contributed by atoms with E-state index >= 15 is 0 Å². The maximum Gasteiger partial charge on any atom is 0.317 e. The second kappa shape index (κ2) is 8.34. The third-order valence-corrected chi connectivity index (χ3v) is 4.17. The molecule has 4 heteroatoms. The van der Waals surface area contributed by atoms with E-state index in [-0.39, 0.29) is 11.6 Å². The molecule has 0 bridgehead atoms. The maximum atomic E-state index is 12.1. The summed E-state index contributed by atoms with van der Waals surface area (Å²) < 4.78 is 0. The lowest BCUT2D eigenvalue weighted by Crippen LogP contribution is -2.55. The Morgan fingerprint density at radius 2 is 1.70 bits per heavy atom. The molecule has 1 aliphatic heterocycles. The Morgan fingerprint density at radius 1 is 1.04 bits per heavy atom. The average molecular weight is 317 g/mol. The van der Waals surface area contributed by atoms with Gasteiger partial charge in [-0.2, -0.15) is 0 Å². The summed E-state index contributed by atoms with van der Waals surface area (Å²) >= 11 is 0. The first-order valence-electron chi connectivity index (χ1n) is 8.77. The molecule has 1 fully saturated rings. The Balaban J connectivity index is 1.60. The zero-order valence-electron chi connectivity index (χ0n) is 14.8. The van der Waals surface area contributed by atoms with Gasteiger partial charge in [-0.3, -0.25) is 4.90 Å². The molecule has 1 aromatic carbocycles. The number of piperazine rings is 1. The lowest BCUT2D eigenvalue weighted by molar-refractivity contribution is 0.133. The predicted octanol–water partition coefficient (Wildman–Crippen LogP) is 3.14. The number of urea groups is 1. The van der Waals surface area contributed by atoms with Crippen LogP contribution in [-0.4, -0.2) is 54.1 Å². The Labute approximate surface area is 140 Å². The minimum atomic E-state index is -0.161. The molecule has 1 aromatic rings. The Morgan fingerprint density at radius 3 is 2.30 bits per heavy atom. The summed E-state index contributed by atoms with van der Waals surface area (Å²) in [6.07, 6.45) is 3.62. The number of nitrogens with one attached hydrogen (secondary N) is 1. The van der Waals surface area contributed by atoms with Gasteiger partial charge in [-0.1, -0.05) is 30.3 Å². The van der Waals surface area contributed by atoms with Crippen molar-refractivity contribution in [3.05, 3.63) is 35.9 Å². The number of benzene rings is 1. The van der Waals surface area contributed by atoms with Crippen LogP contribution in [0, 0.1) is 0 Å². The van der Waals surface area contributed by atoms with Gasteiger partial charge in [-0.25, -0.2) is 4.79 Å². The summed E-state index contributed by atoms with van der Waals surface area (Å²) in [5.74, 6) is 0. The molecule has 128 valence electrons. The Hall–Kier alpha value is -1.55. The topological polar surface area (TPSA) is 35.6 Å². The smallest absolute Gasteiger partial charge is 0.317 e. The van der Waals surface area contributed by atoms with Crippen LogP contribution < -0.4 is 5.32 Å². The molecule has 0 atom stereocenters. The van der Waals surface area contributed by atoms with Gasteiger partial charge >= 0.3 is 6.03 Å². The van der Waals surface area contributed by atoms with Gasteiger partial charge in [0, 0.05) is 31.7 Å². The minimum absolute atomic E-state index is 0.0706. The number of carbonyl (C=O) groups excluding carboxylic acids is 1. The highest BCUT2D eigenvalue weighted by molar-refractivity contribution is 5.75. The molecule has 1 aliphatic rings. The molecule has 2 amide bonds. The summed E-state index contributed by atoms with van der Waals surface area (Å²) in [5, 5.41) is 3.04. The van der Waals surface area contributed by atoms with Crippen molar-refractivity contribution in [2.75, 3.05) is 32.7 Å². The van der Waals surface area contributed by atoms with Crippen LogP contribution in [0.15, 0.2) is 30.3 Å². The number of carbonyl (C=O) groups is 1. The number of rotatable bonds is 5. The normalized spacial score (nSPS) is 16.4. The fraction of sp³-hybridized carbons (Fsp3) is 0.632. The summed E-state index contributed by atoms with van der Waals surface area (Å²) in [5.41, 5.74) is 1.27. The number of aryl methyl sites for hydroxylation is 1. The molecule has 0 aliphatic carbocycles. The van der Waals surface area contributed by atoms with Crippen molar-refractivity contribution in [3.8, 4) is 0 Å². The predicted molar refractivity (Wildman–Crippen MR) is 95.7 cm³/mol. The highest BCUT2D eigenvalue weighted by Gasteiger charge is 2.23. The lowest BCUT2D eigenvalue weighted by atomic mass is 10.1. The van der Waals surface area contributed by atoms with E-state index in [2.05, 4.69) is 40.5 Å². The molecule has 1 heterocycles. The van der Waals surface area contributed by atoms with Gasteiger partial charge in [0.25, 0.3) is 0 Å². The van der Waals surface area contributed by atoms with E-state index in [1.165, 1.54) is 18.4 Å². The Kier molecular flexibility index (Phi) is 6.46. The molecule has 1 saturated heterocycles. The second-order valence-corrected chi connectivity index (χ2v) is 7.45. The minimum Gasteiger partial charge on any atom is -0.333 e. The summed E-state index contributed by atoms with van der Waals surface area (Å²) in [7, 11) is 0. The number of unbranched alkanes of at least 4 members (excludes halogenated alkanes) is 1. The SMILES string of the molecule is CC(C)(C)NC(=O)N1CCN(CCCCc2ccccc2)CC1. The van der Waals surface area contributed by atoms with Crippen molar-refractivity contribution >= 4 is 6.03 Å². The van der Waals surface area contributed by atoms with Crippen LogP contribution in [0.2, 0.25) is 0 Å². The lowest BCUT2D eigenvalue weighted by Gasteiger charge is -2.36. The van der Waals surface area contributed by atoms with Crippen LogP contribution in [0.4, 0.5) is 4.79 Å². The van der Waals surface area contributed by atoms with Gasteiger partial charge in [0.1, 0.15) is 0 Å². The second-order valence-electron chi connectivity index (χ2n) is 7.45. The highest BCUT2D eigenvalue weighted by Crippen LogP contribution is 2.08. The molecule has 0 unspecified atom stereocenters. The van der Waals surface area contributed by atoms with Crippen molar-refractivity contribution in [1.29, 1.82) is 0 Å². The third kappa shape index (κ3) is 6.61. The van der Waals surface area contributed by atoms with Gasteiger partial charge in [0.15, 0.2) is 0 Å². The zero-order valence-corrected chi connectivity index (χ0v) is 14.8. The first kappa shape index (κ1) is 17.8. The largest absolute Gasteiger partial charge is 0.333 e. The van der Waals surface area contributed by atoms with Crippen LogP contribution in [0.25, 0.3) is 0 Å². The van der Waals surface area contributed by atoms with Crippen molar-refractivity contribution < 1.29 is 4.79 Å². The zero-order chi connectivity index (χ0) is 16.7. The molecule has 0 aromatic heterocycles. The van der Waals surface area contributed by atoms with E-state index < -0.39 is 0 Å². The van der Waals surface area contributed by atoms with E-state index in [4.69, 9.17) is 0 Å². The molecule has 0 spiro atoms. The maximum absolute atomic E-state index is 12.1. The third-order valence-electron chi connectivity index (χ3n) is 4.17. The van der Waals surface area contributed by atoms with Crippen LogP contribution >= 0.6 is 0 Å². The van der Waals surface area contributed by atoms with E-state index in [1.54, 1.807) is 0 Å². The number of hydrogen-bond acceptors (Lipinski definition) is 2. The average Bonchev–Trinajstić information content (AvgIpc) is 2.51. The van der Waals surface area contributed by atoms with Gasteiger partial charge in [-0.05, 0) is 52.1 Å². The molecular weight excluding hydrogens is 286 g/mol. The summed E-state index contributed by atoms with van der Waals surface area (Å²) in [4.78, 5) is 16.5. The number of amides is 2. The van der Waals surface area contributed by atoms with Crippen molar-refractivity contribution in [2.24, 2.45) is 0 Å². The standard InChI is InChI=1S/C19H31N3O/c1-19(2,3)20-18(23)22-15-13-21(14-16-22)12-8-7-11-17-9-5-4-6-10-17/h4-6,9-10H,7-8,11-16H2,1-3H3,(H,20,23). The van der Waals surface area contributed by atoms with E-state index in [0.29, 0.717) is 0 Å². The van der Waals surface area contributed by atoms with E-state index in [9.17, 15) is 4.79 Å². The highest BCUT2D eigenvalue weighted by atomic mass is 16.2. The molecular formula is C19H31N3O. The van der Waals surface area contributed by atoms with Crippen LogP contribution in [0.5, 0.6) is 0 Å². The van der Waals surface area contributed by atoms with E-state index in [1.807, 2.05) is 25.7 Å². The van der Waals surface area contributed by atoms with E-state index in [0.717, 1.165) is 39.1 Å². The van der Waals surface area contributed by atoms with Crippen molar-refractivity contribution in [2.45, 2.75) is 45.6 Å². The van der Waals surface area contributed by atoms with Crippen molar-refractivity contribution in [1.82, 2.24) is 15.1 Å². The molecule has 0 saturated carbocycles. The summed E-state index contributed by atoms with van der Waals surface area (Å²) in [6.45, 7) is 10.9. The number of hydrogen-bond donors (Lipinski definition) is 1. The Bertz CT molecular complexity index is 473. The van der Waals surface area contributed by atoms with Gasteiger partial charge in [-0.15, -0.1) is 0 Å². The van der Waals surface area contributed by atoms with Crippen LogP contribution in [0.1, 0.15) is 39.2 Å². The fourth-order valence-corrected chi connectivity index (χ4v) is 2.88. The molecule has 1 N–H and O–H groups in total. The first-order chi connectivity index (χ1) is 10.9. The molecule has 2 rings (SSSR count). The van der Waals surface area contributed by atoms with Gasteiger partial charge in [0.2, 0.25) is 0 Å². The molecule has 4 nitrogen and oxygen atoms in total. The molecule has 0 radical (unpaired) electrons. The molecule has 23 heavy (non-hydrogen) atoms. The van der Waals surface area contributed by atoms with Crippen LogP contribution in [-0.2, 0) is 6.42 Å². The first-order valence-corrected chi connectivity index (χ1v) is 8.77. The summed E-state index contributed by atoms with van der Waals surface area (Å²) in [6, 6.07) is 10.8. The monoisotopic (exact) mass is 317 g/mol. The van der Waals surface area contributed by atoms with Crippen LogP contribution in [0.3, 0.4) is 0 Å². The van der Waals surface area contributed by atoms with Gasteiger partial charge in [0.05, 0.1) is 0 Å². The van der Waals surface area contributed by atoms with Crippen molar-refractivity contribution in [3.63, 3.8) is 0 Å². The number of nitrogens with zero attached hydrogens (tertiary/aromatic N) is 2. The quantitative estimate of drug-likeness (QED) is 0.847.